The van der Waals surface area contributed by atoms with Crippen molar-refractivity contribution in [2.45, 2.75) is 0 Å². The Kier molecular flexibility index (Phi) is 3.42. The van der Waals surface area contributed by atoms with Crippen molar-refractivity contribution in [1.82, 2.24) is 10.2 Å². The SMILES string of the molecule is COc1ccc(Cl)cc1-c1nnc(I)s1. The summed E-state index contributed by atoms with van der Waals surface area (Å²) < 4.78 is 6.13. The largest absolute Gasteiger partial charge is 0.496 e. The Balaban J connectivity index is 2.55. The molecule has 0 amide bonds. The molecule has 0 radical (unpaired) electrons. The maximum Gasteiger partial charge on any atom is 0.178 e. The molecule has 0 spiro atoms. The molecule has 0 aliphatic rings. The van der Waals surface area contributed by atoms with Gasteiger partial charge in [0.25, 0.3) is 0 Å². The summed E-state index contributed by atoms with van der Waals surface area (Å²) in [7, 11) is 1.62. The van der Waals surface area contributed by atoms with E-state index >= 15 is 0 Å². The summed E-state index contributed by atoms with van der Waals surface area (Å²) in [5, 5.41) is 9.49. The average Bonchev–Trinajstić information content (AvgIpc) is 2.65. The molecule has 0 aliphatic heterocycles. The van der Waals surface area contributed by atoms with Crippen molar-refractivity contribution in [2.75, 3.05) is 7.11 Å². The maximum atomic E-state index is 5.93. The molecule has 0 unspecified atom stereocenters. The van der Waals surface area contributed by atoms with Crippen molar-refractivity contribution < 1.29 is 4.74 Å². The molecule has 6 heteroatoms. The number of hydrogen-bond acceptors (Lipinski definition) is 4. The van der Waals surface area contributed by atoms with Gasteiger partial charge in [-0.15, -0.1) is 10.2 Å². The number of rotatable bonds is 2. The highest BCUT2D eigenvalue weighted by Crippen LogP contribution is 2.34. The van der Waals surface area contributed by atoms with E-state index in [2.05, 4.69) is 32.8 Å². The monoisotopic (exact) mass is 352 g/mol. The Bertz CT molecular complexity index is 489. The second-order valence-electron chi connectivity index (χ2n) is 2.70. The van der Waals surface area contributed by atoms with Crippen LogP contribution in [0.3, 0.4) is 0 Å². The molecule has 0 bridgehead atoms. The minimum Gasteiger partial charge on any atom is -0.496 e. The quantitative estimate of drug-likeness (QED) is 0.776. The van der Waals surface area contributed by atoms with Gasteiger partial charge in [0.05, 0.1) is 12.7 Å². The highest BCUT2D eigenvalue weighted by atomic mass is 127. The minimum absolute atomic E-state index is 0.663. The Morgan fingerprint density at radius 2 is 2.20 bits per heavy atom. The number of benzene rings is 1. The van der Waals surface area contributed by atoms with Gasteiger partial charge in [-0.25, -0.2) is 0 Å². The Labute approximate surface area is 110 Å². The molecular formula is C9H6ClIN2OS. The molecule has 1 aromatic heterocycles. The Morgan fingerprint density at radius 3 is 2.80 bits per heavy atom. The topological polar surface area (TPSA) is 35.0 Å². The third-order valence-electron chi connectivity index (χ3n) is 1.79. The van der Waals surface area contributed by atoms with Gasteiger partial charge in [0.2, 0.25) is 0 Å². The molecule has 15 heavy (non-hydrogen) atoms. The molecule has 2 aromatic rings. The summed E-state index contributed by atoms with van der Waals surface area (Å²) in [6.45, 7) is 0. The molecule has 1 aromatic carbocycles. The highest BCUT2D eigenvalue weighted by molar-refractivity contribution is 14.1. The fourth-order valence-electron chi connectivity index (χ4n) is 1.16. The number of methoxy groups -OCH3 is 1. The van der Waals surface area contributed by atoms with Crippen LogP contribution in [0.2, 0.25) is 5.02 Å². The van der Waals surface area contributed by atoms with Crippen LogP contribution in [0.15, 0.2) is 18.2 Å². The summed E-state index contributed by atoms with van der Waals surface area (Å²) in [5.41, 5.74) is 0.880. The van der Waals surface area contributed by atoms with Gasteiger partial charge in [-0.1, -0.05) is 22.9 Å². The van der Waals surface area contributed by atoms with Gasteiger partial charge in [0.1, 0.15) is 5.75 Å². The fraction of sp³-hybridized carbons (Fsp3) is 0.111. The van der Waals surface area contributed by atoms with Gasteiger partial charge in [-0.2, -0.15) is 0 Å². The van der Waals surface area contributed by atoms with Crippen molar-refractivity contribution in [3.05, 3.63) is 26.2 Å². The zero-order valence-corrected chi connectivity index (χ0v) is 11.4. The van der Waals surface area contributed by atoms with E-state index in [1.165, 1.54) is 11.3 Å². The van der Waals surface area contributed by atoms with Crippen molar-refractivity contribution in [3.8, 4) is 16.3 Å². The lowest BCUT2D eigenvalue weighted by Crippen LogP contribution is -1.87. The molecule has 0 saturated carbocycles. The lowest BCUT2D eigenvalue weighted by atomic mass is 10.2. The van der Waals surface area contributed by atoms with E-state index in [0.29, 0.717) is 5.02 Å². The van der Waals surface area contributed by atoms with Crippen molar-refractivity contribution in [2.24, 2.45) is 0 Å². The van der Waals surface area contributed by atoms with E-state index in [1.807, 2.05) is 12.1 Å². The number of aromatic nitrogens is 2. The summed E-state index contributed by atoms with van der Waals surface area (Å²) in [4.78, 5) is 0. The maximum absolute atomic E-state index is 5.93. The van der Waals surface area contributed by atoms with Crippen LogP contribution in [0.5, 0.6) is 5.75 Å². The predicted octanol–water partition coefficient (Wildman–Crippen LogP) is 3.47. The van der Waals surface area contributed by atoms with E-state index in [4.69, 9.17) is 16.3 Å². The lowest BCUT2D eigenvalue weighted by molar-refractivity contribution is 0.416. The molecule has 0 fully saturated rings. The highest BCUT2D eigenvalue weighted by Gasteiger charge is 2.11. The van der Waals surface area contributed by atoms with Gasteiger partial charge in [0, 0.05) is 5.02 Å². The zero-order chi connectivity index (χ0) is 10.8. The van der Waals surface area contributed by atoms with Crippen molar-refractivity contribution in [3.63, 3.8) is 0 Å². The average molecular weight is 353 g/mol. The molecule has 0 saturated heterocycles. The first-order valence-corrected chi connectivity index (χ1v) is 6.31. The van der Waals surface area contributed by atoms with Crippen LogP contribution in [-0.4, -0.2) is 17.3 Å². The number of halogens is 2. The summed E-state index contributed by atoms with van der Waals surface area (Å²) in [6.07, 6.45) is 0. The molecule has 3 nitrogen and oxygen atoms in total. The molecule has 0 atom stereocenters. The van der Waals surface area contributed by atoms with Crippen LogP contribution in [-0.2, 0) is 0 Å². The van der Waals surface area contributed by atoms with Crippen molar-refractivity contribution >= 4 is 45.5 Å². The molecule has 1 heterocycles. The van der Waals surface area contributed by atoms with Gasteiger partial charge in [-0.3, -0.25) is 0 Å². The van der Waals surface area contributed by atoms with Crippen LogP contribution >= 0.6 is 45.5 Å². The van der Waals surface area contributed by atoms with E-state index in [-0.39, 0.29) is 0 Å². The summed E-state index contributed by atoms with van der Waals surface area (Å²) in [6, 6.07) is 5.44. The standard InChI is InChI=1S/C9H6ClIN2OS/c1-14-7-3-2-5(10)4-6(7)8-12-13-9(11)15-8/h2-4H,1H3. The lowest BCUT2D eigenvalue weighted by Gasteiger charge is -2.05. The van der Waals surface area contributed by atoms with Crippen LogP contribution in [0, 0.1) is 3.01 Å². The summed E-state index contributed by atoms with van der Waals surface area (Å²) >= 11 is 9.57. The zero-order valence-electron chi connectivity index (χ0n) is 7.70. The molecule has 78 valence electrons. The third-order valence-corrected chi connectivity index (χ3v) is 3.65. The van der Waals surface area contributed by atoms with E-state index < -0.39 is 0 Å². The number of hydrogen-bond donors (Lipinski definition) is 0. The first-order valence-electron chi connectivity index (χ1n) is 4.03. The Hall–Kier alpha value is -0.400. The van der Waals surface area contributed by atoms with Crippen molar-refractivity contribution in [1.29, 1.82) is 0 Å². The molecule has 0 N–H and O–H groups in total. The van der Waals surface area contributed by atoms with Crippen LogP contribution < -0.4 is 4.74 Å². The van der Waals surface area contributed by atoms with E-state index in [0.717, 1.165) is 19.3 Å². The fourth-order valence-corrected chi connectivity index (χ4v) is 2.66. The smallest absolute Gasteiger partial charge is 0.178 e. The predicted molar refractivity (Wildman–Crippen MR) is 69.6 cm³/mol. The van der Waals surface area contributed by atoms with Gasteiger partial charge >= 0.3 is 0 Å². The third kappa shape index (κ3) is 2.40. The van der Waals surface area contributed by atoms with E-state index in [1.54, 1.807) is 13.2 Å². The first kappa shape index (κ1) is 11.1. The second kappa shape index (κ2) is 4.63. The number of ether oxygens (including phenoxy) is 1. The minimum atomic E-state index is 0.663. The molecular weight excluding hydrogens is 347 g/mol. The van der Waals surface area contributed by atoms with Crippen LogP contribution in [0.1, 0.15) is 0 Å². The van der Waals surface area contributed by atoms with Gasteiger partial charge in [0.15, 0.2) is 8.02 Å². The second-order valence-corrected chi connectivity index (χ2v) is 5.87. The normalized spacial score (nSPS) is 10.3. The van der Waals surface area contributed by atoms with Crippen LogP contribution in [0.4, 0.5) is 0 Å². The number of nitrogens with zero attached hydrogens (tertiary/aromatic N) is 2. The van der Waals surface area contributed by atoms with E-state index in [9.17, 15) is 0 Å². The van der Waals surface area contributed by atoms with Gasteiger partial charge < -0.3 is 4.74 Å². The Morgan fingerprint density at radius 1 is 1.40 bits per heavy atom. The van der Waals surface area contributed by atoms with Crippen LogP contribution in [0.25, 0.3) is 10.6 Å². The first-order chi connectivity index (χ1) is 7.20. The van der Waals surface area contributed by atoms with Gasteiger partial charge in [-0.05, 0) is 40.8 Å². The molecule has 2 rings (SSSR count). The summed E-state index contributed by atoms with van der Waals surface area (Å²) in [5.74, 6) is 0.756. The molecule has 0 aliphatic carbocycles.